The molecule has 5 rings (SSSR count). The van der Waals surface area contributed by atoms with E-state index in [1.54, 1.807) is 13.1 Å². The minimum atomic E-state index is -1.28. The summed E-state index contributed by atoms with van der Waals surface area (Å²) in [6.07, 6.45) is 0.483. The molecule has 0 saturated carbocycles. The van der Waals surface area contributed by atoms with Crippen LogP contribution in [-0.2, 0) is 27.3 Å². The number of aryl methyl sites for hydroxylation is 1. The van der Waals surface area contributed by atoms with Gasteiger partial charge in [-0.2, -0.15) is 0 Å². The SMILES string of the molecule is Cc1ccccc1-c1ccc(C[C@@]2(C)C(=O)O[C@H](c3ccccc3)N2C(=O)OCc2ccccc2)cn1. The molecular weight excluding hydrogens is 464 g/mol. The number of rotatable bonds is 6. The molecule has 0 radical (unpaired) electrons. The number of aromatic nitrogens is 1. The second kappa shape index (κ2) is 10.3. The highest BCUT2D eigenvalue weighted by molar-refractivity contribution is 5.89. The van der Waals surface area contributed by atoms with Crippen molar-refractivity contribution < 1.29 is 19.1 Å². The van der Waals surface area contributed by atoms with E-state index >= 15 is 0 Å². The molecule has 2 heterocycles. The van der Waals surface area contributed by atoms with Crippen LogP contribution in [0.3, 0.4) is 0 Å². The zero-order valence-corrected chi connectivity index (χ0v) is 20.8. The normalized spacial score (nSPS) is 18.9. The van der Waals surface area contributed by atoms with Crippen LogP contribution < -0.4 is 0 Å². The van der Waals surface area contributed by atoms with Crippen molar-refractivity contribution in [3.63, 3.8) is 0 Å². The van der Waals surface area contributed by atoms with Gasteiger partial charge in [0, 0.05) is 23.7 Å². The number of carbonyl (C=O) groups excluding carboxylic acids is 2. The Morgan fingerprint density at radius 3 is 2.27 bits per heavy atom. The molecule has 0 bridgehead atoms. The maximum atomic E-state index is 13.5. The van der Waals surface area contributed by atoms with Gasteiger partial charge >= 0.3 is 12.1 Å². The van der Waals surface area contributed by atoms with Gasteiger partial charge in [0.05, 0.1) is 5.69 Å². The van der Waals surface area contributed by atoms with Crippen LogP contribution in [0.2, 0.25) is 0 Å². The molecule has 0 aliphatic carbocycles. The summed E-state index contributed by atoms with van der Waals surface area (Å²) in [7, 11) is 0. The number of ether oxygens (including phenoxy) is 2. The summed E-state index contributed by atoms with van der Waals surface area (Å²) in [5.41, 5.74) is 4.12. The lowest BCUT2D eigenvalue weighted by Crippen LogP contribution is -2.51. The Balaban J connectivity index is 1.43. The second-order valence-electron chi connectivity index (χ2n) is 9.40. The Bertz CT molecular complexity index is 1390. The van der Waals surface area contributed by atoms with Crippen LogP contribution in [0, 0.1) is 6.92 Å². The first kappa shape index (κ1) is 24.3. The van der Waals surface area contributed by atoms with Gasteiger partial charge in [-0.3, -0.25) is 9.88 Å². The zero-order valence-electron chi connectivity index (χ0n) is 20.8. The van der Waals surface area contributed by atoms with Gasteiger partial charge in [0.2, 0.25) is 6.23 Å². The minimum Gasteiger partial charge on any atom is -0.444 e. The van der Waals surface area contributed by atoms with Crippen LogP contribution in [0.15, 0.2) is 103 Å². The Kier molecular flexibility index (Phi) is 6.73. The first-order valence-corrected chi connectivity index (χ1v) is 12.2. The molecule has 3 aromatic carbocycles. The number of carbonyl (C=O) groups is 2. The number of benzene rings is 3. The molecular formula is C31H28N2O4. The lowest BCUT2D eigenvalue weighted by Gasteiger charge is -2.32. The van der Waals surface area contributed by atoms with Gasteiger partial charge in [-0.05, 0) is 36.6 Å². The number of esters is 1. The van der Waals surface area contributed by atoms with Crippen molar-refractivity contribution in [2.45, 2.75) is 38.6 Å². The number of cyclic esters (lactones) is 1. The predicted octanol–water partition coefficient (Wildman–Crippen LogP) is 6.25. The molecule has 6 heteroatoms. The van der Waals surface area contributed by atoms with Crippen LogP contribution in [0.1, 0.15) is 35.4 Å². The van der Waals surface area contributed by atoms with Crippen molar-refractivity contribution in [2.24, 2.45) is 0 Å². The zero-order chi connectivity index (χ0) is 25.8. The van der Waals surface area contributed by atoms with Crippen molar-refractivity contribution >= 4 is 12.1 Å². The molecule has 1 amide bonds. The fourth-order valence-electron chi connectivity index (χ4n) is 4.66. The van der Waals surface area contributed by atoms with Crippen molar-refractivity contribution in [1.82, 2.24) is 9.88 Å². The highest BCUT2D eigenvalue weighted by atomic mass is 16.6. The van der Waals surface area contributed by atoms with E-state index in [0.717, 1.165) is 27.9 Å². The van der Waals surface area contributed by atoms with Gasteiger partial charge < -0.3 is 9.47 Å². The lowest BCUT2D eigenvalue weighted by molar-refractivity contribution is -0.145. The van der Waals surface area contributed by atoms with Gasteiger partial charge in [0.1, 0.15) is 12.1 Å². The first-order chi connectivity index (χ1) is 18.0. The summed E-state index contributed by atoms with van der Waals surface area (Å²) in [6.45, 7) is 3.86. The molecule has 1 aromatic heterocycles. The van der Waals surface area contributed by atoms with Crippen LogP contribution in [0.25, 0.3) is 11.3 Å². The van der Waals surface area contributed by atoms with Crippen molar-refractivity contribution in [1.29, 1.82) is 0 Å². The monoisotopic (exact) mass is 492 g/mol. The molecule has 0 spiro atoms. The average molecular weight is 493 g/mol. The molecule has 4 aromatic rings. The van der Waals surface area contributed by atoms with Gasteiger partial charge in [-0.15, -0.1) is 0 Å². The summed E-state index contributed by atoms with van der Waals surface area (Å²) < 4.78 is 11.5. The Morgan fingerprint density at radius 2 is 1.59 bits per heavy atom. The molecule has 1 aliphatic rings. The minimum absolute atomic E-state index is 0.0919. The summed E-state index contributed by atoms with van der Waals surface area (Å²) in [6, 6.07) is 30.6. The number of hydrogen-bond donors (Lipinski definition) is 0. The third kappa shape index (κ3) is 4.96. The van der Waals surface area contributed by atoms with E-state index in [1.165, 1.54) is 4.90 Å². The summed E-state index contributed by atoms with van der Waals surface area (Å²) >= 11 is 0. The average Bonchev–Trinajstić information content (AvgIpc) is 3.19. The van der Waals surface area contributed by atoms with E-state index in [4.69, 9.17) is 9.47 Å². The molecule has 37 heavy (non-hydrogen) atoms. The third-order valence-electron chi connectivity index (χ3n) is 6.71. The van der Waals surface area contributed by atoms with E-state index in [-0.39, 0.29) is 13.0 Å². The van der Waals surface area contributed by atoms with E-state index in [2.05, 4.69) is 4.98 Å². The van der Waals surface area contributed by atoms with Crippen molar-refractivity contribution in [3.05, 3.63) is 126 Å². The highest BCUT2D eigenvalue weighted by Crippen LogP contribution is 2.40. The Hall–Kier alpha value is -4.45. The quantitative estimate of drug-likeness (QED) is 0.298. The molecule has 0 unspecified atom stereocenters. The summed E-state index contributed by atoms with van der Waals surface area (Å²) in [5, 5.41) is 0. The molecule has 1 saturated heterocycles. The van der Waals surface area contributed by atoms with E-state index in [1.807, 2.05) is 104 Å². The highest BCUT2D eigenvalue weighted by Gasteiger charge is 2.55. The fraction of sp³-hybridized carbons (Fsp3) is 0.194. The van der Waals surface area contributed by atoms with E-state index in [0.29, 0.717) is 5.56 Å². The standard InChI is InChI=1S/C31H28N2O4/c1-22-11-9-10-16-26(22)27-18-17-24(20-32-27)19-31(2)29(34)37-28(25-14-7-4-8-15-25)33(31)30(35)36-21-23-12-5-3-6-13-23/h3-18,20,28H,19,21H2,1-2H3/t28-,31+/m1/s1. The third-order valence-corrected chi connectivity index (χ3v) is 6.71. The molecule has 0 N–H and O–H groups in total. The Labute approximate surface area is 216 Å². The predicted molar refractivity (Wildman–Crippen MR) is 140 cm³/mol. The van der Waals surface area contributed by atoms with Gasteiger partial charge in [0.25, 0.3) is 0 Å². The van der Waals surface area contributed by atoms with Crippen LogP contribution in [-0.4, -0.2) is 27.5 Å². The maximum absolute atomic E-state index is 13.5. The maximum Gasteiger partial charge on any atom is 0.414 e. The van der Waals surface area contributed by atoms with Crippen LogP contribution in [0.4, 0.5) is 4.79 Å². The van der Waals surface area contributed by atoms with Crippen LogP contribution in [0.5, 0.6) is 0 Å². The number of hydrogen-bond acceptors (Lipinski definition) is 5. The number of nitrogens with zero attached hydrogens (tertiary/aromatic N) is 2. The van der Waals surface area contributed by atoms with Crippen molar-refractivity contribution in [3.8, 4) is 11.3 Å². The molecule has 2 atom stereocenters. The van der Waals surface area contributed by atoms with E-state index < -0.39 is 23.8 Å². The fourth-order valence-corrected chi connectivity index (χ4v) is 4.66. The van der Waals surface area contributed by atoms with Gasteiger partial charge in [-0.1, -0.05) is 91.0 Å². The topological polar surface area (TPSA) is 68.7 Å². The van der Waals surface area contributed by atoms with Crippen molar-refractivity contribution in [2.75, 3.05) is 0 Å². The molecule has 6 nitrogen and oxygen atoms in total. The summed E-state index contributed by atoms with van der Waals surface area (Å²) in [4.78, 5) is 32.9. The molecule has 1 aliphatic heterocycles. The Morgan fingerprint density at radius 1 is 0.919 bits per heavy atom. The lowest BCUT2D eigenvalue weighted by atomic mass is 9.92. The van der Waals surface area contributed by atoms with Gasteiger partial charge in [0.15, 0.2) is 0 Å². The summed E-state index contributed by atoms with van der Waals surface area (Å²) in [5.74, 6) is -0.485. The number of pyridine rings is 1. The van der Waals surface area contributed by atoms with Gasteiger partial charge in [-0.25, -0.2) is 9.59 Å². The van der Waals surface area contributed by atoms with Crippen LogP contribution >= 0.6 is 0 Å². The first-order valence-electron chi connectivity index (χ1n) is 12.2. The number of amides is 1. The second-order valence-corrected chi connectivity index (χ2v) is 9.40. The van der Waals surface area contributed by atoms with E-state index in [9.17, 15) is 9.59 Å². The molecule has 1 fully saturated rings. The smallest absolute Gasteiger partial charge is 0.414 e. The molecule has 186 valence electrons. The largest absolute Gasteiger partial charge is 0.444 e.